The summed E-state index contributed by atoms with van der Waals surface area (Å²) < 4.78 is 5.47. The number of halogens is 1. The van der Waals surface area contributed by atoms with E-state index in [1.165, 1.54) is 16.8 Å². The molecule has 0 spiro atoms. The minimum Gasteiger partial charge on any atom is -0.378 e. The van der Waals surface area contributed by atoms with Crippen LogP contribution in [0.15, 0.2) is 30.6 Å². The second-order valence-corrected chi connectivity index (χ2v) is 6.75. The molecule has 1 fully saturated rings. The van der Waals surface area contributed by atoms with Crippen LogP contribution in [0.25, 0.3) is 0 Å². The van der Waals surface area contributed by atoms with Gasteiger partial charge in [0.15, 0.2) is 0 Å². The summed E-state index contributed by atoms with van der Waals surface area (Å²) >= 11 is 6.11. The Morgan fingerprint density at radius 2 is 2.00 bits per heavy atom. The van der Waals surface area contributed by atoms with E-state index in [-0.39, 0.29) is 0 Å². The van der Waals surface area contributed by atoms with Crippen LogP contribution in [-0.4, -0.2) is 47.7 Å². The number of nitrogens with zero attached hydrogens (tertiary/aromatic N) is 4. The van der Waals surface area contributed by atoms with Gasteiger partial charge in [-0.3, -0.25) is 4.90 Å². The van der Waals surface area contributed by atoms with Gasteiger partial charge in [0.05, 0.1) is 18.9 Å². The van der Waals surface area contributed by atoms with Crippen molar-refractivity contribution >= 4 is 17.4 Å². The van der Waals surface area contributed by atoms with Crippen molar-refractivity contribution < 1.29 is 4.74 Å². The molecule has 1 aromatic heterocycles. The van der Waals surface area contributed by atoms with Gasteiger partial charge in [0, 0.05) is 49.7 Å². The van der Waals surface area contributed by atoms with Gasteiger partial charge in [0.25, 0.3) is 0 Å². The molecule has 1 saturated heterocycles. The molecule has 0 bridgehead atoms. The van der Waals surface area contributed by atoms with Gasteiger partial charge in [0.2, 0.25) is 0 Å². The van der Waals surface area contributed by atoms with Crippen LogP contribution in [0.1, 0.15) is 16.8 Å². The van der Waals surface area contributed by atoms with E-state index in [9.17, 15) is 0 Å². The molecule has 0 amide bonds. The molecule has 0 saturated carbocycles. The van der Waals surface area contributed by atoms with E-state index in [1.54, 1.807) is 6.33 Å². The standard InChI is InChI=1S/C18H21ClN4O/c19-15-3-1-2-14(10-15)11-22-5-4-17-16(12-22)18(21-13-20-17)23-6-8-24-9-7-23/h1-3,10,13H,4-9,11-12H2. The van der Waals surface area contributed by atoms with E-state index in [2.05, 4.69) is 25.8 Å². The van der Waals surface area contributed by atoms with Crippen molar-refractivity contribution in [2.75, 3.05) is 37.7 Å². The normalized spacial score (nSPS) is 18.5. The van der Waals surface area contributed by atoms with E-state index in [4.69, 9.17) is 16.3 Å². The Morgan fingerprint density at radius 1 is 1.12 bits per heavy atom. The third-order valence-electron chi connectivity index (χ3n) is 4.66. The highest BCUT2D eigenvalue weighted by atomic mass is 35.5. The van der Waals surface area contributed by atoms with Crippen molar-refractivity contribution in [1.29, 1.82) is 0 Å². The molecule has 0 aliphatic carbocycles. The molecule has 2 aliphatic rings. The Bertz CT molecular complexity index is 718. The van der Waals surface area contributed by atoms with Crippen LogP contribution >= 0.6 is 11.6 Å². The van der Waals surface area contributed by atoms with E-state index in [0.717, 1.165) is 63.2 Å². The van der Waals surface area contributed by atoms with Gasteiger partial charge in [-0.2, -0.15) is 0 Å². The average molecular weight is 345 g/mol. The number of ether oxygens (including phenoxy) is 1. The fourth-order valence-electron chi connectivity index (χ4n) is 3.46. The lowest BCUT2D eigenvalue weighted by molar-refractivity contribution is 0.122. The molecule has 3 heterocycles. The number of hydrogen-bond donors (Lipinski definition) is 0. The second-order valence-electron chi connectivity index (χ2n) is 6.31. The SMILES string of the molecule is Clc1cccc(CN2CCc3ncnc(N4CCOCC4)c3C2)c1. The predicted molar refractivity (Wildman–Crippen MR) is 94.3 cm³/mol. The zero-order valence-electron chi connectivity index (χ0n) is 13.6. The largest absolute Gasteiger partial charge is 0.378 e. The molecular formula is C18H21ClN4O. The van der Waals surface area contributed by atoms with Crippen LogP contribution < -0.4 is 4.90 Å². The Kier molecular flexibility index (Phi) is 4.65. The number of benzene rings is 1. The number of aromatic nitrogens is 2. The summed E-state index contributed by atoms with van der Waals surface area (Å²) in [7, 11) is 0. The van der Waals surface area contributed by atoms with E-state index in [0.29, 0.717) is 0 Å². The number of morpholine rings is 1. The first-order valence-electron chi connectivity index (χ1n) is 8.42. The van der Waals surface area contributed by atoms with Crippen molar-refractivity contribution in [2.45, 2.75) is 19.5 Å². The Morgan fingerprint density at radius 3 is 2.83 bits per heavy atom. The third-order valence-corrected chi connectivity index (χ3v) is 4.90. The van der Waals surface area contributed by atoms with Gasteiger partial charge in [-0.15, -0.1) is 0 Å². The fraction of sp³-hybridized carbons (Fsp3) is 0.444. The summed E-state index contributed by atoms with van der Waals surface area (Å²) in [6.07, 6.45) is 2.67. The van der Waals surface area contributed by atoms with Gasteiger partial charge in [-0.05, 0) is 17.7 Å². The number of hydrogen-bond acceptors (Lipinski definition) is 5. The van der Waals surface area contributed by atoms with Crippen molar-refractivity contribution in [3.8, 4) is 0 Å². The van der Waals surface area contributed by atoms with Gasteiger partial charge in [-0.25, -0.2) is 9.97 Å². The maximum atomic E-state index is 6.11. The predicted octanol–water partition coefficient (Wildman–Crippen LogP) is 2.52. The monoisotopic (exact) mass is 344 g/mol. The lowest BCUT2D eigenvalue weighted by atomic mass is 10.0. The van der Waals surface area contributed by atoms with E-state index >= 15 is 0 Å². The van der Waals surface area contributed by atoms with Crippen LogP contribution in [0.3, 0.4) is 0 Å². The molecule has 4 rings (SSSR count). The Balaban J connectivity index is 1.55. The maximum Gasteiger partial charge on any atom is 0.136 e. The molecule has 0 radical (unpaired) electrons. The van der Waals surface area contributed by atoms with Crippen LogP contribution in [0.4, 0.5) is 5.82 Å². The first kappa shape index (κ1) is 15.8. The highest BCUT2D eigenvalue weighted by Crippen LogP contribution is 2.27. The van der Waals surface area contributed by atoms with Crippen molar-refractivity contribution in [2.24, 2.45) is 0 Å². The van der Waals surface area contributed by atoms with Crippen LogP contribution in [0.2, 0.25) is 5.02 Å². The fourth-order valence-corrected chi connectivity index (χ4v) is 3.67. The first-order valence-corrected chi connectivity index (χ1v) is 8.79. The molecule has 0 unspecified atom stereocenters. The molecule has 24 heavy (non-hydrogen) atoms. The highest BCUT2D eigenvalue weighted by Gasteiger charge is 2.24. The summed E-state index contributed by atoms with van der Waals surface area (Å²) in [6, 6.07) is 8.10. The number of fused-ring (bicyclic) bond motifs is 1. The summed E-state index contributed by atoms with van der Waals surface area (Å²) in [5.41, 5.74) is 3.71. The number of rotatable bonds is 3. The number of anilines is 1. The molecule has 126 valence electrons. The first-order chi connectivity index (χ1) is 11.8. The quantitative estimate of drug-likeness (QED) is 0.855. The summed E-state index contributed by atoms with van der Waals surface area (Å²) in [4.78, 5) is 13.9. The van der Waals surface area contributed by atoms with Crippen molar-refractivity contribution in [3.05, 3.63) is 52.4 Å². The molecule has 0 N–H and O–H groups in total. The summed E-state index contributed by atoms with van der Waals surface area (Å²) in [5, 5.41) is 0.794. The van der Waals surface area contributed by atoms with Gasteiger partial charge < -0.3 is 9.64 Å². The summed E-state index contributed by atoms with van der Waals surface area (Å²) in [5.74, 6) is 1.08. The van der Waals surface area contributed by atoms with Crippen molar-refractivity contribution in [1.82, 2.24) is 14.9 Å². The Hall–Kier alpha value is -1.69. The van der Waals surface area contributed by atoms with Crippen LogP contribution in [0.5, 0.6) is 0 Å². The van der Waals surface area contributed by atoms with Gasteiger partial charge >= 0.3 is 0 Å². The molecule has 2 aliphatic heterocycles. The van der Waals surface area contributed by atoms with Crippen LogP contribution in [0, 0.1) is 0 Å². The van der Waals surface area contributed by atoms with E-state index < -0.39 is 0 Å². The summed E-state index contributed by atoms with van der Waals surface area (Å²) in [6.45, 7) is 6.14. The molecular weight excluding hydrogens is 324 g/mol. The minimum absolute atomic E-state index is 0.769. The zero-order valence-corrected chi connectivity index (χ0v) is 14.4. The van der Waals surface area contributed by atoms with Gasteiger partial charge in [-0.1, -0.05) is 23.7 Å². The smallest absolute Gasteiger partial charge is 0.136 e. The maximum absolute atomic E-state index is 6.11. The van der Waals surface area contributed by atoms with Crippen molar-refractivity contribution in [3.63, 3.8) is 0 Å². The highest BCUT2D eigenvalue weighted by molar-refractivity contribution is 6.30. The molecule has 6 heteroatoms. The lowest BCUT2D eigenvalue weighted by Gasteiger charge is -2.34. The molecule has 0 atom stereocenters. The van der Waals surface area contributed by atoms with Crippen LogP contribution in [-0.2, 0) is 24.2 Å². The van der Waals surface area contributed by atoms with Gasteiger partial charge in [0.1, 0.15) is 12.1 Å². The molecule has 5 nitrogen and oxygen atoms in total. The average Bonchev–Trinajstić information content (AvgIpc) is 2.62. The minimum atomic E-state index is 0.769. The third kappa shape index (κ3) is 3.38. The molecule has 2 aromatic rings. The second kappa shape index (κ2) is 7.05. The lowest BCUT2D eigenvalue weighted by Crippen LogP contribution is -2.39. The topological polar surface area (TPSA) is 41.5 Å². The zero-order chi connectivity index (χ0) is 16.4. The van der Waals surface area contributed by atoms with E-state index in [1.807, 2.05) is 18.2 Å². The molecule has 1 aromatic carbocycles. The Labute approximate surface area is 147 Å².